The van der Waals surface area contributed by atoms with Gasteiger partial charge in [-0.15, -0.1) is 0 Å². The number of hydrogen-bond acceptors (Lipinski definition) is 6. The van der Waals surface area contributed by atoms with E-state index in [0.29, 0.717) is 32.1 Å². The first kappa shape index (κ1) is 23.7. The van der Waals surface area contributed by atoms with E-state index in [1.165, 1.54) is 13.8 Å². The molecule has 0 unspecified atom stereocenters. The highest BCUT2D eigenvalue weighted by molar-refractivity contribution is 5.85. The summed E-state index contributed by atoms with van der Waals surface area (Å²) in [5.74, 6) is -1.25. The van der Waals surface area contributed by atoms with E-state index in [0.717, 1.165) is 12.8 Å². The van der Waals surface area contributed by atoms with Gasteiger partial charge in [-0.1, -0.05) is 13.8 Å². The lowest BCUT2D eigenvalue weighted by molar-refractivity contribution is -0.209. The van der Waals surface area contributed by atoms with Crippen LogP contribution in [0.1, 0.15) is 72.6 Å². The summed E-state index contributed by atoms with van der Waals surface area (Å²) in [5, 5.41) is 10.2. The molecule has 180 valence electrons. The number of Topliss-reactive ketones (excluding diaryl/α,β-unsaturated/α-hetero) is 1. The Labute approximate surface area is 189 Å². The van der Waals surface area contributed by atoms with Crippen molar-refractivity contribution < 1.29 is 33.4 Å². The second-order valence-electron chi connectivity index (χ2n) is 11.3. The molecular weight excluding hydrogens is 415 g/mol. The van der Waals surface area contributed by atoms with Crippen molar-refractivity contribution >= 4 is 17.7 Å². The number of aliphatic hydroxyl groups excluding tert-OH is 1. The molecule has 4 saturated carbocycles. The molecule has 0 heterocycles. The molecule has 0 saturated heterocycles. The van der Waals surface area contributed by atoms with E-state index in [1.807, 2.05) is 0 Å². The molecule has 0 spiro atoms. The predicted octanol–water partition coefficient (Wildman–Crippen LogP) is 3.63. The van der Waals surface area contributed by atoms with Crippen LogP contribution in [0, 0.1) is 40.4 Å². The largest absolute Gasteiger partial charge is 0.462 e. The molecule has 0 aromatic rings. The van der Waals surface area contributed by atoms with Gasteiger partial charge in [0.15, 0.2) is 5.78 Å². The molecule has 0 radical (unpaired) electrons. The van der Waals surface area contributed by atoms with Crippen LogP contribution < -0.4 is 0 Å². The van der Waals surface area contributed by atoms with Crippen LogP contribution in [0.4, 0.5) is 4.39 Å². The molecule has 0 bridgehead atoms. The van der Waals surface area contributed by atoms with Gasteiger partial charge >= 0.3 is 11.9 Å². The summed E-state index contributed by atoms with van der Waals surface area (Å²) >= 11 is 0. The zero-order valence-corrected chi connectivity index (χ0v) is 19.6. The summed E-state index contributed by atoms with van der Waals surface area (Å²) in [4.78, 5) is 36.3. The fourth-order valence-electron chi connectivity index (χ4n) is 8.44. The summed E-state index contributed by atoms with van der Waals surface area (Å²) < 4.78 is 26.5. The normalized spacial score (nSPS) is 47.6. The number of alkyl halides is 1. The number of ketones is 1. The number of aliphatic hydroxyl groups is 1. The van der Waals surface area contributed by atoms with Gasteiger partial charge in [0.25, 0.3) is 0 Å². The minimum absolute atomic E-state index is 0.0242. The Hall–Kier alpha value is -1.50. The van der Waals surface area contributed by atoms with Crippen molar-refractivity contribution in [2.75, 3.05) is 6.61 Å². The zero-order chi connectivity index (χ0) is 23.4. The molecule has 6 nitrogen and oxygen atoms in total. The molecule has 32 heavy (non-hydrogen) atoms. The van der Waals surface area contributed by atoms with Crippen LogP contribution in [0.15, 0.2) is 0 Å². The Bertz CT molecular complexity index is 784. The molecule has 1 N–H and O–H groups in total. The molecule has 7 heteroatoms. The van der Waals surface area contributed by atoms with E-state index in [4.69, 9.17) is 9.47 Å². The molecule has 10 atom stereocenters. The Morgan fingerprint density at radius 1 is 1.00 bits per heavy atom. The Balaban J connectivity index is 1.68. The van der Waals surface area contributed by atoms with Crippen molar-refractivity contribution in [3.8, 4) is 0 Å². The first-order valence-electron chi connectivity index (χ1n) is 12.1. The number of carbonyl (C=O) groups is 3. The number of ether oxygens (including phenoxy) is 2. The average Bonchev–Trinajstić information content (AvgIpc) is 3.03. The van der Waals surface area contributed by atoms with Gasteiger partial charge in [0, 0.05) is 25.7 Å². The summed E-state index contributed by atoms with van der Waals surface area (Å²) in [6, 6.07) is 0. The van der Waals surface area contributed by atoms with Crippen molar-refractivity contribution in [3.63, 3.8) is 0 Å². The third kappa shape index (κ3) is 3.78. The van der Waals surface area contributed by atoms with Crippen LogP contribution in [0.2, 0.25) is 0 Å². The number of esters is 2. The second kappa shape index (κ2) is 8.37. The zero-order valence-electron chi connectivity index (χ0n) is 19.6. The maximum atomic E-state index is 15.6. The molecule has 0 aromatic heterocycles. The average molecular weight is 453 g/mol. The predicted molar refractivity (Wildman–Crippen MR) is 114 cm³/mol. The SMILES string of the molecule is CC(=O)OCC(=O)[C@H]1CC[C@H]2[C@@H]3C[C@H](F)[C@@H]4C[C@H](O)CC[C@]4(C)[C@H]3[C@H](OC(C)=O)C[C@]12C. The molecule has 4 aliphatic carbocycles. The Morgan fingerprint density at radius 3 is 2.38 bits per heavy atom. The summed E-state index contributed by atoms with van der Waals surface area (Å²) in [6.45, 7) is 6.67. The van der Waals surface area contributed by atoms with Crippen molar-refractivity contribution in [3.05, 3.63) is 0 Å². The minimum Gasteiger partial charge on any atom is -0.462 e. The van der Waals surface area contributed by atoms with Gasteiger partial charge in [-0.2, -0.15) is 0 Å². The Kier molecular flexibility index (Phi) is 6.19. The minimum atomic E-state index is -1.01. The quantitative estimate of drug-likeness (QED) is 0.655. The monoisotopic (exact) mass is 452 g/mol. The third-order valence-corrected chi connectivity index (χ3v) is 9.64. The van der Waals surface area contributed by atoms with Gasteiger partial charge in [0.2, 0.25) is 0 Å². The Morgan fingerprint density at radius 2 is 1.72 bits per heavy atom. The van der Waals surface area contributed by atoms with E-state index in [9.17, 15) is 19.5 Å². The number of carbonyl (C=O) groups excluding carboxylic acids is 3. The topological polar surface area (TPSA) is 89.9 Å². The molecule has 4 fully saturated rings. The molecule has 0 amide bonds. The van der Waals surface area contributed by atoms with Crippen LogP contribution in [-0.4, -0.2) is 47.8 Å². The first-order chi connectivity index (χ1) is 15.0. The summed E-state index contributed by atoms with van der Waals surface area (Å²) in [5.41, 5.74) is -0.765. The van der Waals surface area contributed by atoms with Gasteiger partial charge in [-0.25, -0.2) is 4.39 Å². The highest BCUT2D eigenvalue weighted by atomic mass is 19.1. The molecular formula is C25H37FO6. The fourth-order valence-corrected chi connectivity index (χ4v) is 8.44. The first-order valence-corrected chi connectivity index (χ1v) is 12.1. The number of rotatable bonds is 4. The van der Waals surface area contributed by atoms with Crippen LogP contribution >= 0.6 is 0 Å². The standard InChI is InChI=1S/C25H37FO6/c1-13(27)31-12-21(30)18-6-5-17-16-10-20(26)19-9-15(29)7-8-24(19,3)23(16)22(32-14(2)28)11-25(17,18)4/h15-20,22-23,29H,5-12H2,1-4H3/t15-,16+,17+,18-,19+,20+,22-,23-,24+,25+/m1/s1. The molecule has 4 aliphatic rings. The molecule has 0 aliphatic heterocycles. The number of fused-ring (bicyclic) bond motifs is 5. The smallest absolute Gasteiger partial charge is 0.303 e. The van der Waals surface area contributed by atoms with Crippen molar-refractivity contribution in [1.82, 2.24) is 0 Å². The van der Waals surface area contributed by atoms with Gasteiger partial charge in [0.05, 0.1) is 6.10 Å². The van der Waals surface area contributed by atoms with Crippen LogP contribution in [-0.2, 0) is 23.9 Å². The van der Waals surface area contributed by atoms with Crippen molar-refractivity contribution in [2.45, 2.75) is 91.0 Å². The fraction of sp³-hybridized carbons (Fsp3) is 0.880. The van der Waals surface area contributed by atoms with Crippen molar-refractivity contribution in [2.24, 2.45) is 40.4 Å². The van der Waals surface area contributed by atoms with E-state index in [2.05, 4.69) is 13.8 Å². The lowest BCUT2D eigenvalue weighted by Gasteiger charge is -2.63. The maximum absolute atomic E-state index is 15.6. The van der Waals surface area contributed by atoms with Gasteiger partial charge in [-0.3, -0.25) is 14.4 Å². The second-order valence-corrected chi connectivity index (χ2v) is 11.3. The highest BCUT2D eigenvalue weighted by Crippen LogP contribution is 2.68. The lowest BCUT2D eigenvalue weighted by Crippen LogP contribution is -2.62. The summed E-state index contributed by atoms with van der Waals surface area (Å²) in [6.07, 6.45) is 2.43. The van der Waals surface area contributed by atoms with E-state index in [1.54, 1.807) is 0 Å². The van der Waals surface area contributed by atoms with Gasteiger partial charge < -0.3 is 14.6 Å². The lowest BCUT2D eigenvalue weighted by atomic mass is 9.43. The van der Waals surface area contributed by atoms with E-state index >= 15 is 4.39 Å². The number of hydrogen-bond donors (Lipinski definition) is 1. The van der Waals surface area contributed by atoms with E-state index in [-0.39, 0.29) is 59.5 Å². The third-order valence-electron chi connectivity index (χ3n) is 9.64. The van der Waals surface area contributed by atoms with Crippen LogP contribution in [0.25, 0.3) is 0 Å². The van der Waals surface area contributed by atoms with Crippen molar-refractivity contribution in [1.29, 1.82) is 0 Å². The van der Waals surface area contributed by atoms with Gasteiger partial charge in [-0.05, 0) is 73.5 Å². The van der Waals surface area contributed by atoms with Crippen LogP contribution in [0.3, 0.4) is 0 Å². The van der Waals surface area contributed by atoms with Crippen LogP contribution in [0.5, 0.6) is 0 Å². The highest BCUT2D eigenvalue weighted by Gasteiger charge is 2.66. The maximum Gasteiger partial charge on any atom is 0.303 e. The molecule has 0 aromatic carbocycles. The number of halogens is 1. The summed E-state index contributed by atoms with van der Waals surface area (Å²) in [7, 11) is 0. The van der Waals surface area contributed by atoms with Gasteiger partial charge in [0.1, 0.15) is 18.9 Å². The molecule has 4 rings (SSSR count). The van der Waals surface area contributed by atoms with E-state index < -0.39 is 23.7 Å².